The van der Waals surface area contributed by atoms with Crippen molar-refractivity contribution in [2.75, 3.05) is 33.4 Å². The summed E-state index contributed by atoms with van der Waals surface area (Å²) >= 11 is 0. The second kappa shape index (κ2) is 11.7. The molecule has 0 spiro atoms. The first kappa shape index (κ1) is 26.9. The minimum absolute atomic E-state index is 0.00320. The van der Waals surface area contributed by atoms with E-state index in [2.05, 4.69) is 20.6 Å². The number of alkyl carbamates (subject to hydrolysis) is 1. The van der Waals surface area contributed by atoms with Crippen LogP contribution in [0.4, 0.5) is 4.79 Å². The van der Waals surface area contributed by atoms with Crippen molar-refractivity contribution in [3.63, 3.8) is 0 Å². The molecule has 39 heavy (non-hydrogen) atoms. The molecule has 1 aromatic heterocycles. The number of methoxy groups -OCH3 is 1. The number of amides is 2. The smallest absolute Gasteiger partial charge is 0.407 e. The molecule has 4 bridgehead atoms. The van der Waals surface area contributed by atoms with E-state index in [9.17, 15) is 9.59 Å². The second-order valence-corrected chi connectivity index (χ2v) is 13.3. The minimum Gasteiger partial charge on any atom is -0.477 e. The van der Waals surface area contributed by atoms with Crippen LogP contribution < -0.4 is 15.4 Å². The van der Waals surface area contributed by atoms with Crippen LogP contribution in [0.3, 0.4) is 0 Å². The van der Waals surface area contributed by atoms with Crippen molar-refractivity contribution < 1.29 is 19.1 Å². The zero-order chi connectivity index (χ0) is 26.8. The molecule has 0 aromatic carbocycles. The Labute approximate surface area is 232 Å². The molecule has 0 unspecified atom stereocenters. The predicted octanol–water partition coefficient (Wildman–Crippen LogP) is 4.36. The maximum Gasteiger partial charge on any atom is 0.407 e. The van der Waals surface area contributed by atoms with Gasteiger partial charge in [-0.1, -0.05) is 19.3 Å². The third kappa shape index (κ3) is 6.23. The van der Waals surface area contributed by atoms with Crippen molar-refractivity contribution >= 4 is 12.0 Å². The Morgan fingerprint density at radius 3 is 2.28 bits per heavy atom. The fraction of sp³-hybridized carbons (Fsp3) is 0.833. The van der Waals surface area contributed by atoms with Gasteiger partial charge in [0.2, 0.25) is 5.88 Å². The van der Waals surface area contributed by atoms with E-state index in [4.69, 9.17) is 9.47 Å². The molecular formula is C30H47N5O4. The topological polar surface area (TPSA) is 97.7 Å². The van der Waals surface area contributed by atoms with Gasteiger partial charge in [0.1, 0.15) is 5.56 Å². The van der Waals surface area contributed by atoms with Crippen LogP contribution in [0.2, 0.25) is 0 Å². The Morgan fingerprint density at radius 1 is 0.974 bits per heavy atom. The van der Waals surface area contributed by atoms with Crippen molar-refractivity contribution in [3.05, 3.63) is 11.8 Å². The van der Waals surface area contributed by atoms with Crippen molar-refractivity contribution in [2.45, 2.75) is 102 Å². The maximum absolute atomic E-state index is 13.8. The molecule has 5 aliphatic carbocycles. The lowest BCUT2D eigenvalue weighted by atomic mass is 9.53. The predicted molar refractivity (Wildman–Crippen MR) is 148 cm³/mol. The molecule has 216 valence electrons. The van der Waals surface area contributed by atoms with E-state index < -0.39 is 0 Å². The van der Waals surface area contributed by atoms with Crippen LogP contribution >= 0.6 is 0 Å². The Morgan fingerprint density at radius 2 is 1.64 bits per heavy atom. The Bertz CT molecular complexity index is 976. The highest BCUT2D eigenvalue weighted by Crippen LogP contribution is 2.55. The molecule has 2 heterocycles. The lowest BCUT2D eigenvalue weighted by Gasteiger charge is -2.56. The Kier molecular flexibility index (Phi) is 8.05. The molecule has 6 aliphatic rings. The van der Waals surface area contributed by atoms with Gasteiger partial charge in [-0.25, -0.2) is 9.48 Å². The van der Waals surface area contributed by atoms with Gasteiger partial charge < -0.3 is 25.0 Å². The van der Waals surface area contributed by atoms with E-state index in [0.717, 1.165) is 69.5 Å². The van der Waals surface area contributed by atoms with Gasteiger partial charge in [-0.05, 0) is 87.9 Å². The summed E-state index contributed by atoms with van der Waals surface area (Å²) in [6.45, 7) is 4.00. The molecule has 6 fully saturated rings. The third-order valence-corrected chi connectivity index (χ3v) is 10.4. The number of hydrogen-bond donors (Lipinski definition) is 2. The average Bonchev–Trinajstić information content (AvgIpc) is 3.34. The molecule has 9 heteroatoms. The van der Waals surface area contributed by atoms with Gasteiger partial charge in [0, 0.05) is 31.2 Å². The number of hydrogen-bond acceptors (Lipinski definition) is 6. The highest BCUT2D eigenvalue weighted by molar-refractivity contribution is 5.96. The first-order valence-electron chi connectivity index (χ1n) is 15.6. The third-order valence-electron chi connectivity index (χ3n) is 10.4. The summed E-state index contributed by atoms with van der Waals surface area (Å²) < 4.78 is 13.1. The van der Waals surface area contributed by atoms with Crippen molar-refractivity contribution in [1.29, 1.82) is 0 Å². The summed E-state index contributed by atoms with van der Waals surface area (Å²) in [6, 6.07) is 0.160. The summed E-state index contributed by atoms with van der Waals surface area (Å²) in [5.41, 5.74) is 0.569. The molecule has 7 rings (SSSR count). The van der Waals surface area contributed by atoms with Gasteiger partial charge in [0.15, 0.2) is 0 Å². The van der Waals surface area contributed by atoms with E-state index in [1.165, 1.54) is 58.5 Å². The first-order valence-corrected chi connectivity index (χ1v) is 15.6. The number of carbonyl (C=O) groups excluding carboxylic acids is 2. The fourth-order valence-corrected chi connectivity index (χ4v) is 8.73. The quantitative estimate of drug-likeness (QED) is 0.482. The zero-order valence-electron chi connectivity index (χ0n) is 23.7. The van der Waals surface area contributed by atoms with E-state index in [-0.39, 0.29) is 23.6 Å². The minimum atomic E-state index is -0.357. The fourth-order valence-electron chi connectivity index (χ4n) is 8.73. The number of rotatable bonds is 9. The molecule has 9 nitrogen and oxygen atoms in total. The Balaban J connectivity index is 1.11. The number of likely N-dealkylation sites (tertiary alicyclic amines) is 1. The normalized spacial score (nSPS) is 31.3. The van der Waals surface area contributed by atoms with Crippen LogP contribution in [0.1, 0.15) is 93.8 Å². The molecule has 1 aliphatic heterocycles. The molecule has 0 radical (unpaired) electrons. The molecule has 1 saturated heterocycles. The highest BCUT2D eigenvalue weighted by Gasteiger charge is 2.51. The van der Waals surface area contributed by atoms with E-state index in [1.54, 1.807) is 6.20 Å². The van der Waals surface area contributed by atoms with E-state index in [1.807, 2.05) is 4.68 Å². The van der Waals surface area contributed by atoms with Crippen LogP contribution in [-0.2, 0) is 11.3 Å². The van der Waals surface area contributed by atoms with Gasteiger partial charge in [0.25, 0.3) is 5.91 Å². The Hall–Kier alpha value is -2.29. The number of piperidine rings is 1. The van der Waals surface area contributed by atoms with Gasteiger partial charge in [-0.3, -0.25) is 4.79 Å². The van der Waals surface area contributed by atoms with Crippen molar-refractivity contribution in [3.8, 4) is 5.88 Å². The van der Waals surface area contributed by atoms with Gasteiger partial charge in [0.05, 0.1) is 26.5 Å². The number of carbonyl (C=O) groups is 2. The summed E-state index contributed by atoms with van der Waals surface area (Å²) in [6.07, 6.45) is 16.9. The molecular weight excluding hydrogens is 494 g/mol. The standard InChI is InChI=1S/C30H47N5O4/c1-38-29(37)32-25-7-9-34(10-8-25)11-12-35-28(39-20-21-5-3-2-4-6-21)26(19-31-35)27(36)33-30-16-22-13-23(17-30)15-24(14-22)18-30/h19,21-25H,2-18,20H2,1H3,(H,32,37)(H,33,36). The molecule has 5 saturated carbocycles. The van der Waals surface area contributed by atoms with E-state index >= 15 is 0 Å². The number of nitrogens with one attached hydrogen (secondary N) is 2. The summed E-state index contributed by atoms with van der Waals surface area (Å²) in [4.78, 5) is 27.7. The molecule has 0 atom stereocenters. The second-order valence-electron chi connectivity index (χ2n) is 13.3. The maximum atomic E-state index is 13.8. The number of nitrogens with zero attached hydrogens (tertiary/aromatic N) is 3. The summed E-state index contributed by atoms with van der Waals surface area (Å²) in [5, 5.41) is 11.1. The lowest BCUT2D eigenvalue weighted by molar-refractivity contribution is -0.0167. The molecule has 2 amide bonds. The summed E-state index contributed by atoms with van der Waals surface area (Å²) in [7, 11) is 1.40. The zero-order valence-corrected chi connectivity index (χ0v) is 23.7. The number of ether oxygens (including phenoxy) is 2. The van der Waals surface area contributed by atoms with Crippen LogP contribution in [0.5, 0.6) is 5.88 Å². The van der Waals surface area contributed by atoms with Gasteiger partial charge in [-0.2, -0.15) is 5.10 Å². The average molecular weight is 542 g/mol. The SMILES string of the molecule is COC(=O)NC1CCN(CCn2ncc(C(=O)NC34CC5CC(CC(C5)C3)C4)c2OCC2CCCCC2)CC1. The van der Waals surface area contributed by atoms with Gasteiger partial charge >= 0.3 is 6.09 Å². The van der Waals surface area contributed by atoms with Crippen LogP contribution in [0.15, 0.2) is 6.20 Å². The highest BCUT2D eigenvalue weighted by atomic mass is 16.5. The molecule has 1 aromatic rings. The summed E-state index contributed by atoms with van der Waals surface area (Å²) in [5.74, 6) is 3.55. The van der Waals surface area contributed by atoms with Crippen molar-refractivity contribution in [1.82, 2.24) is 25.3 Å². The van der Waals surface area contributed by atoms with Crippen molar-refractivity contribution in [2.24, 2.45) is 23.7 Å². The number of aromatic nitrogens is 2. The first-order chi connectivity index (χ1) is 19.0. The lowest BCUT2D eigenvalue weighted by Crippen LogP contribution is -2.59. The van der Waals surface area contributed by atoms with Crippen LogP contribution in [0.25, 0.3) is 0 Å². The van der Waals surface area contributed by atoms with E-state index in [0.29, 0.717) is 30.5 Å². The van der Waals surface area contributed by atoms with Crippen LogP contribution in [-0.4, -0.2) is 71.6 Å². The molecule has 2 N–H and O–H groups in total. The largest absolute Gasteiger partial charge is 0.477 e. The van der Waals surface area contributed by atoms with Crippen LogP contribution in [0, 0.1) is 23.7 Å². The monoisotopic (exact) mass is 541 g/mol. The van der Waals surface area contributed by atoms with Gasteiger partial charge in [-0.15, -0.1) is 0 Å².